The average molecular weight is 517 g/mol. The number of thiazole rings is 2. The number of benzene rings is 2. The SMILES string of the molecule is Cc1nc(N=Nc2c(-c3ccccc3)[nH]n(-c3nc(-c4ccc(CC(=O)O)cc4)cs3)c2=O)sc1C. The van der Waals surface area contributed by atoms with Crippen LogP contribution in [0.1, 0.15) is 16.1 Å². The minimum atomic E-state index is -0.882. The molecule has 0 unspecified atom stereocenters. The Morgan fingerprint density at radius 3 is 2.44 bits per heavy atom. The number of hydrogen-bond acceptors (Lipinski definition) is 8. The van der Waals surface area contributed by atoms with Gasteiger partial charge in [0.25, 0.3) is 0 Å². The van der Waals surface area contributed by atoms with E-state index in [4.69, 9.17) is 5.11 Å². The lowest BCUT2D eigenvalue weighted by atomic mass is 10.1. The Bertz CT molecular complexity index is 1610. The molecule has 0 aliphatic heterocycles. The van der Waals surface area contributed by atoms with Crippen LogP contribution >= 0.6 is 22.7 Å². The molecule has 0 saturated carbocycles. The molecule has 2 aromatic carbocycles. The number of nitrogens with zero attached hydrogens (tertiary/aromatic N) is 5. The zero-order valence-corrected chi connectivity index (χ0v) is 20.9. The van der Waals surface area contributed by atoms with Gasteiger partial charge in [0.15, 0.2) is 5.69 Å². The van der Waals surface area contributed by atoms with E-state index >= 15 is 0 Å². The van der Waals surface area contributed by atoms with Gasteiger partial charge in [-0.25, -0.2) is 9.97 Å². The highest BCUT2D eigenvalue weighted by molar-refractivity contribution is 7.15. The lowest BCUT2D eigenvalue weighted by Crippen LogP contribution is -2.13. The number of carbonyl (C=O) groups is 1. The molecule has 3 aromatic heterocycles. The lowest BCUT2D eigenvalue weighted by molar-refractivity contribution is -0.136. The zero-order valence-electron chi connectivity index (χ0n) is 19.3. The van der Waals surface area contributed by atoms with E-state index in [1.165, 1.54) is 27.4 Å². The van der Waals surface area contributed by atoms with E-state index in [0.717, 1.165) is 21.7 Å². The summed E-state index contributed by atoms with van der Waals surface area (Å²) in [4.78, 5) is 34.4. The van der Waals surface area contributed by atoms with Crippen LogP contribution in [-0.2, 0) is 11.2 Å². The molecule has 5 aromatic rings. The van der Waals surface area contributed by atoms with Crippen LogP contribution in [0, 0.1) is 13.8 Å². The molecular weight excluding hydrogens is 496 g/mol. The molecule has 5 rings (SSSR count). The van der Waals surface area contributed by atoms with Crippen molar-refractivity contribution < 1.29 is 9.90 Å². The van der Waals surface area contributed by atoms with Crippen molar-refractivity contribution in [3.8, 4) is 27.6 Å². The molecule has 3 heterocycles. The second-order valence-electron chi connectivity index (χ2n) is 7.96. The molecule has 11 heteroatoms. The number of aromatic nitrogens is 4. The standard InChI is InChI=1S/C25H20N6O3S2/c1-14-15(2)36-24(26-14)29-28-22-21(18-6-4-3-5-7-18)30-31(23(22)34)25-27-19(13-35-25)17-10-8-16(9-11-17)12-20(32)33/h3-11,13,30H,12H2,1-2H3,(H,32,33). The third kappa shape index (κ3) is 4.79. The third-order valence-corrected chi connectivity index (χ3v) is 7.25. The summed E-state index contributed by atoms with van der Waals surface area (Å²) < 4.78 is 1.36. The maximum absolute atomic E-state index is 13.4. The van der Waals surface area contributed by atoms with Crippen molar-refractivity contribution >= 4 is 39.5 Å². The fraction of sp³-hybridized carbons (Fsp3) is 0.120. The van der Waals surface area contributed by atoms with Gasteiger partial charge in [-0.1, -0.05) is 65.9 Å². The number of aliphatic carboxylic acids is 1. The first-order valence-corrected chi connectivity index (χ1v) is 12.6. The Balaban J connectivity index is 1.53. The molecule has 0 fully saturated rings. The Kier molecular flexibility index (Phi) is 6.40. The summed E-state index contributed by atoms with van der Waals surface area (Å²) in [5, 5.41) is 23.4. The fourth-order valence-corrected chi connectivity index (χ4v) is 5.04. The predicted octanol–water partition coefficient (Wildman–Crippen LogP) is 6.07. The Morgan fingerprint density at radius 2 is 1.78 bits per heavy atom. The summed E-state index contributed by atoms with van der Waals surface area (Å²) in [5.41, 5.74) is 4.21. The van der Waals surface area contributed by atoms with Crippen LogP contribution in [0.4, 0.5) is 10.8 Å². The molecule has 36 heavy (non-hydrogen) atoms. The van der Waals surface area contributed by atoms with Crippen molar-refractivity contribution in [2.24, 2.45) is 10.2 Å². The summed E-state index contributed by atoms with van der Waals surface area (Å²) in [7, 11) is 0. The molecule has 0 saturated heterocycles. The van der Waals surface area contributed by atoms with Crippen molar-refractivity contribution in [2.45, 2.75) is 20.3 Å². The lowest BCUT2D eigenvalue weighted by Gasteiger charge is -2.00. The second-order valence-corrected chi connectivity index (χ2v) is 9.98. The highest BCUT2D eigenvalue weighted by Crippen LogP contribution is 2.31. The Hall–Kier alpha value is -4.22. The number of carboxylic acids is 1. The van der Waals surface area contributed by atoms with Gasteiger partial charge in [-0.2, -0.15) is 4.68 Å². The molecule has 0 radical (unpaired) electrons. The zero-order chi connectivity index (χ0) is 25.2. The fourth-order valence-electron chi connectivity index (χ4n) is 3.52. The number of rotatable bonds is 7. The van der Waals surface area contributed by atoms with Gasteiger partial charge in [-0.15, -0.1) is 21.6 Å². The first-order chi connectivity index (χ1) is 17.4. The van der Waals surface area contributed by atoms with Crippen LogP contribution in [-0.4, -0.2) is 30.8 Å². The van der Waals surface area contributed by atoms with Crippen LogP contribution in [0.25, 0.3) is 27.6 Å². The molecule has 0 atom stereocenters. The number of carboxylic acid groups (broad SMARTS) is 1. The highest BCUT2D eigenvalue weighted by Gasteiger charge is 2.19. The molecule has 0 spiro atoms. The summed E-state index contributed by atoms with van der Waals surface area (Å²) in [5.74, 6) is -0.882. The molecular formula is C25H20N6O3S2. The molecule has 180 valence electrons. The van der Waals surface area contributed by atoms with Gasteiger partial charge in [0.1, 0.15) is 0 Å². The number of aryl methyl sites for hydroxylation is 2. The smallest absolute Gasteiger partial charge is 0.307 e. The van der Waals surface area contributed by atoms with E-state index in [2.05, 4.69) is 25.3 Å². The van der Waals surface area contributed by atoms with Gasteiger partial charge in [-0.3, -0.25) is 14.7 Å². The first-order valence-electron chi connectivity index (χ1n) is 10.9. The average Bonchev–Trinajstić information content (AvgIpc) is 3.56. The van der Waals surface area contributed by atoms with Gasteiger partial charge in [0.05, 0.1) is 23.5 Å². The summed E-state index contributed by atoms with van der Waals surface area (Å²) in [6.45, 7) is 3.87. The van der Waals surface area contributed by atoms with Crippen LogP contribution in [0.5, 0.6) is 0 Å². The van der Waals surface area contributed by atoms with Crippen molar-refractivity contribution in [1.29, 1.82) is 0 Å². The van der Waals surface area contributed by atoms with Crippen molar-refractivity contribution in [2.75, 3.05) is 0 Å². The van der Waals surface area contributed by atoms with Crippen molar-refractivity contribution in [1.82, 2.24) is 19.7 Å². The van der Waals surface area contributed by atoms with Gasteiger partial charge in [0, 0.05) is 21.4 Å². The maximum atomic E-state index is 13.4. The Morgan fingerprint density at radius 1 is 1.03 bits per heavy atom. The summed E-state index contributed by atoms with van der Waals surface area (Å²) >= 11 is 2.72. The van der Waals surface area contributed by atoms with Crippen molar-refractivity contribution in [3.05, 3.63) is 86.5 Å². The number of H-pyrrole nitrogens is 1. The van der Waals surface area contributed by atoms with Crippen LogP contribution in [0.15, 0.2) is 75.0 Å². The largest absolute Gasteiger partial charge is 0.481 e. The van der Waals surface area contributed by atoms with E-state index in [0.29, 0.717) is 27.2 Å². The van der Waals surface area contributed by atoms with E-state index in [1.54, 1.807) is 12.1 Å². The minimum absolute atomic E-state index is 0.0415. The number of azo groups is 1. The van der Waals surface area contributed by atoms with E-state index < -0.39 is 5.97 Å². The molecule has 0 aliphatic rings. The highest BCUT2D eigenvalue weighted by atomic mass is 32.1. The summed E-state index contributed by atoms with van der Waals surface area (Å²) in [6.07, 6.45) is -0.0415. The normalized spacial score (nSPS) is 11.4. The maximum Gasteiger partial charge on any atom is 0.307 e. The molecule has 2 N–H and O–H groups in total. The topological polar surface area (TPSA) is 126 Å². The van der Waals surface area contributed by atoms with Crippen molar-refractivity contribution in [3.63, 3.8) is 0 Å². The minimum Gasteiger partial charge on any atom is -0.481 e. The predicted molar refractivity (Wildman–Crippen MR) is 140 cm³/mol. The molecule has 0 bridgehead atoms. The summed E-state index contributed by atoms with van der Waals surface area (Å²) in [6, 6.07) is 16.6. The van der Waals surface area contributed by atoms with Crippen LogP contribution in [0.2, 0.25) is 0 Å². The Labute approximate surface area is 213 Å². The molecule has 9 nitrogen and oxygen atoms in total. The van der Waals surface area contributed by atoms with Gasteiger partial charge in [-0.05, 0) is 19.4 Å². The van der Waals surface area contributed by atoms with Gasteiger partial charge >= 0.3 is 11.5 Å². The van der Waals surface area contributed by atoms with Crippen LogP contribution < -0.4 is 5.56 Å². The number of hydrogen-bond donors (Lipinski definition) is 2. The van der Waals surface area contributed by atoms with E-state index in [1.807, 2.05) is 61.7 Å². The van der Waals surface area contributed by atoms with Gasteiger partial charge in [0.2, 0.25) is 10.3 Å². The van der Waals surface area contributed by atoms with E-state index in [9.17, 15) is 9.59 Å². The molecule has 0 amide bonds. The number of aromatic amines is 1. The van der Waals surface area contributed by atoms with E-state index in [-0.39, 0.29) is 17.7 Å². The third-order valence-electron chi connectivity index (χ3n) is 5.47. The van der Waals surface area contributed by atoms with Gasteiger partial charge < -0.3 is 5.11 Å². The first kappa shape index (κ1) is 23.5. The second kappa shape index (κ2) is 9.80. The molecule has 0 aliphatic carbocycles. The number of nitrogens with one attached hydrogen (secondary N) is 1. The van der Waals surface area contributed by atoms with Crippen LogP contribution in [0.3, 0.4) is 0 Å². The monoisotopic (exact) mass is 516 g/mol. The quantitative estimate of drug-likeness (QED) is 0.254.